The smallest absolute Gasteiger partial charge is 0.289 e. The Morgan fingerprint density at radius 1 is 0.975 bits per heavy atom. The second-order valence-electron chi connectivity index (χ2n) is 10.7. The standard InChI is InChI=1S/C32H33FN4O3/c33-26-7-5-6-24(20-26)22-37-27-8-1-2-9-28(27)40-29(32(37)39)21-23-11-13-25(14-12-23)31(38)36-18-16-35(17-19-36)30-10-3-4-15-34-30/h3-7,10-15,20-21,27-28H,1-2,8-9,16-19,22H2/b29-21-. The van der Waals surface area contributed by atoms with Gasteiger partial charge >= 0.3 is 0 Å². The number of amides is 2. The first-order valence-corrected chi connectivity index (χ1v) is 14.0. The van der Waals surface area contributed by atoms with Crippen LogP contribution in [0.2, 0.25) is 0 Å². The number of rotatable bonds is 5. The van der Waals surface area contributed by atoms with Crippen LogP contribution < -0.4 is 4.90 Å². The fourth-order valence-electron chi connectivity index (χ4n) is 5.93. The molecule has 6 rings (SSSR count). The van der Waals surface area contributed by atoms with Crippen LogP contribution in [0.4, 0.5) is 10.2 Å². The molecular formula is C32H33FN4O3. The molecule has 40 heavy (non-hydrogen) atoms. The van der Waals surface area contributed by atoms with Gasteiger partial charge < -0.3 is 19.4 Å². The van der Waals surface area contributed by atoms with Crippen LogP contribution in [0.5, 0.6) is 0 Å². The molecule has 0 bridgehead atoms. The van der Waals surface area contributed by atoms with E-state index in [9.17, 15) is 14.0 Å². The Kier molecular flexibility index (Phi) is 7.49. The lowest BCUT2D eigenvalue weighted by Gasteiger charge is -2.44. The van der Waals surface area contributed by atoms with Crippen molar-refractivity contribution in [3.8, 4) is 0 Å². The lowest BCUT2D eigenvalue weighted by molar-refractivity contribution is -0.149. The van der Waals surface area contributed by atoms with Crippen molar-refractivity contribution in [3.63, 3.8) is 0 Å². The molecule has 2 aliphatic heterocycles. The largest absolute Gasteiger partial charge is 0.482 e. The van der Waals surface area contributed by atoms with Gasteiger partial charge in [0.1, 0.15) is 17.7 Å². The number of carbonyl (C=O) groups is 2. The molecular weight excluding hydrogens is 507 g/mol. The van der Waals surface area contributed by atoms with Crippen LogP contribution in [0.3, 0.4) is 0 Å². The summed E-state index contributed by atoms with van der Waals surface area (Å²) in [5, 5.41) is 0. The van der Waals surface area contributed by atoms with E-state index >= 15 is 0 Å². The monoisotopic (exact) mass is 540 g/mol. The van der Waals surface area contributed by atoms with E-state index in [1.807, 2.05) is 46.2 Å². The van der Waals surface area contributed by atoms with Crippen molar-refractivity contribution in [2.24, 2.45) is 0 Å². The number of hydrogen-bond acceptors (Lipinski definition) is 5. The summed E-state index contributed by atoms with van der Waals surface area (Å²) in [6.07, 6.45) is 7.34. The second kappa shape index (κ2) is 11.5. The summed E-state index contributed by atoms with van der Waals surface area (Å²) in [6, 6.07) is 19.6. The summed E-state index contributed by atoms with van der Waals surface area (Å²) in [6.45, 7) is 3.08. The van der Waals surface area contributed by atoms with Crippen molar-refractivity contribution < 1.29 is 18.7 Å². The van der Waals surface area contributed by atoms with Gasteiger partial charge in [-0.3, -0.25) is 9.59 Å². The van der Waals surface area contributed by atoms with Gasteiger partial charge in [0.25, 0.3) is 11.8 Å². The molecule has 2 unspecified atom stereocenters. The number of pyridine rings is 1. The SMILES string of the molecule is O=C(c1ccc(/C=C2\OC3CCCCC3N(Cc3cccc(F)c3)C2=O)cc1)N1CCN(c2ccccn2)CC1. The minimum Gasteiger partial charge on any atom is -0.482 e. The molecule has 2 aromatic carbocycles. The van der Waals surface area contributed by atoms with E-state index in [2.05, 4.69) is 9.88 Å². The van der Waals surface area contributed by atoms with Crippen molar-refractivity contribution in [2.75, 3.05) is 31.1 Å². The first-order chi connectivity index (χ1) is 19.5. The maximum atomic E-state index is 13.8. The zero-order valence-electron chi connectivity index (χ0n) is 22.4. The number of benzene rings is 2. The molecule has 3 heterocycles. The molecule has 1 aromatic heterocycles. The Bertz CT molecular complexity index is 1390. The normalized spacial score (nSPS) is 22.2. The molecule has 8 heteroatoms. The van der Waals surface area contributed by atoms with Gasteiger partial charge in [-0.25, -0.2) is 9.37 Å². The van der Waals surface area contributed by atoms with E-state index in [-0.39, 0.29) is 29.8 Å². The fourth-order valence-corrected chi connectivity index (χ4v) is 5.93. The maximum absolute atomic E-state index is 13.8. The molecule has 206 valence electrons. The molecule has 3 fully saturated rings. The van der Waals surface area contributed by atoms with Gasteiger partial charge in [-0.15, -0.1) is 0 Å². The van der Waals surface area contributed by atoms with Crippen molar-refractivity contribution in [3.05, 3.63) is 101 Å². The molecule has 0 N–H and O–H groups in total. The summed E-state index contributed by atoms with van der Waals surface area (Å²) in [5.41, 5.74) is 2.17. The fraction of sp³-hybridized carbons (Fsp3) is 0.344. The first-order valence-electron chi connectivity index (χ1n) is 14.0. The maximum Gasteiger partial charge on any atom is 0.289 e. The number of ether oxygens (including phenoxy) is 1. The molecule has 3 aromatic rings. The molecule has 1 aliphatic carbocycles. The predicted octanol–water partition coefficient (Wildman–Crippen LogP) is 4.89. The topological polar surface area (TPSA) is 66.0 Å². The number of fused-ring (bicyclic) bond motifs is 1. The third kappa shape index (κ3) is 5.57. The van der Waals surface area contributed by atoms with Crippen LogP contribution in [0.15, 0.2) is 78.7 Å². The summed E-state index contributed by atoms with van der Waals surface area (Å²) < 4.78 is 20.1. The lowest BCUT2D eigenvalue weighted by atomic mass is 9.89. The highest BCUT2D eigenvalue weighted by molar-refractivity contribution is 5.97. The third-order valence-electron chi connectivity index (χ3n) is 8.06. The van der Waals surface area contributed by atoms with E-state index in [1.54, 1.807) is 30.5 Å². The zero-order valence-corrected chi connectivity index (χ0v) is 22.4. The van der Waals surface area contributed by atoms with Crippen LogP contribution in [0, 0.1) is 5.82 Å². The average Bonchev–Trinajstić information content (AvgIpc) is 3.00. The van der Waals surface area contributed by atoms with Crippen LogP contribution in [-0.2, 0) is 16.1 Å². The number of carbonyl (C=O) groups excluding carboxylic acids is 2. The van der Waals surface area contributed by atoms with Gasteiger partial charge in [-0.05, 0) is 72.9 Å². The molecule has 0 spiro atoms. The number of morpholine rings is 1. The Morgan fingerprint density at radius 2 is 1.77 bits per heavy atom. The number of hydrogen-bond donors (Lipinski definition) is 0. The van der Waals surface area contributed by atoms with Gasteiger partial charge in [-0.2, -0.15) is 0 Å². The Labute approximate surface area is 233 Å². The Balaban J connectivity index is 1.14. The summed E-state index contributed by atoms with van der Waals surface area (Å²) in [4.78, 5) is 37.0. The lowest BCUT2D eigenvalue weighted by Crippen LogP contribution is -2.54. The van der Waals surface area contributed by atoms with Crippen LogP contribution in [0.25, 0.3) is 6.08 Å². The van der Waals surface area contributed by atoms with Gasteiger partial charge in [0.2, 0.25) is 0 Å². The summed E-state index contributed by atoms with van der Waals surface area (Å²) in [7, 11) is 0. The zero-order chi connectivity index (χ0) is 27.5. The average molecular weight is 541 g/mol. The predicted molar refractivity (Wildman–Crippen MR) is 151 cm³/mol. The molecule has 2 atom stereocenters. The van der Waals surface area contributed by atoms with Crippen molar-refractivity contribution in [1.82, 2.24) is 14.8 Å². The van der Waals surface area contributed by atoms with E-state index in [0.717, 1.165) is 55.7 Å². The van der Waals surface area contributed by atoms with Crippen molar-refractivity contribution in [1.29, 1.82) is 0 Å². The number of nitrogens with zero attached hydrogens (tertiary/aromatic N) is 4. The molecule has 0 radical (unpaired) electrons. The van der Waals surface area contributed by atoms with Gasteiger partial charge in [0.15, 0.2) is 5.76 Å². The van der Waals surface area contributed by atoms with E-state index in [0.29, 0.717) is 31.0 Å². The second-order valence-corrected chi connectivity index (χ2v) is 10.7. The van der Waals surface area contributed by atoms with Crippen LogP contribution >= 0.6 is 0 Å². The van der Waals surface area contributed by atoms with Crippen molar-refractivity contribution >= 4 is 23.7 Å². The van der Waals surface area contributed by atoms with Crippen molar-refractivity contribution in [2.45, 2.75) is 44.4 Å². The highest BCUT2D eigenvalue weighted by Crippen LogP contribution is 2.34. The molecule has 2 saturated heterocycles. The minimum absolute atomic E-state index is 0.00353. The molecule has 1 saturated carbocycles. The van der Waals surface area contributed by atoms with E-state index < -0.39 is 0 Å². The highest BCUT2D eigenvalue weighted by Gasteiger charge is 2.41. The Hall–Kier alpha value is -4.20. The first kappa shape index (κ1) is 26.0. The van der Waals surface area contributed by atoms with Gasteiger partial charge in [-0.1, -0.05) is 36.8 Å². The number of piperazine rings is 1. The number of halogens is 1. The quantitative estimate of drug-likeness (QED) is 0.431. The number of anilines is 1. The van der Waals surface area contributed by atoms with Crippen LogP contribution in [0.1, 0.15) is 47.2 Å². The van der Waals surface area contributed by atoms with Gasteiger partial charge in [0.05, 0.1) is 6.04 Å². The van der Waals surface area contributed by atoms with E-state index in [4.69, 9.17) is 4.74 Å². The number of aromatic nitrogens is 1. The van der Waals surface area contributed by atoms with Crippen LogP contribution in [-0.4, -0.2) is 64.9 Å². The summed E-state index contributed by atoms with van der Waals surface area (Å²) in [5.74, 6) is 0.734. The minimum atomic E-state index is -0.307. The third-order valence-corrected chi connectivity index (χ3v) is 8.06. The highest BCUT2D eigenvalue weighted by atomic mass is 19.1. The summed E-state index contributed by atoms with van der Waals surface area (Å²) >= 11 is 0. The molecule has 7 nitrogen and oxygen atoms in total. The van der Waals surface area contributed by atoms with Gasteiger partial charge in [0, 0.05) is 44.5 Å². The van der Waals surface area contributed by atoms with E-state index in [1.165, 1.54) is 12.1 Å². The molecule has 2 amide bonds. The molecule has 3 aliphatic rings. The Morgan fingerprint density at radius 3 is 2.52 bits per heavy atom.